The van der Waals surface area contributed by atoms with E-state index in [1.807, 2.05) is 36.2 Å². The predicted octanol–water partition coefficient (Wildman–Crippen LogP) is 1.95. The topological polar surface area (TPSA) is 84.0 Å². The summed E-state index contributed by atoms with van der Waals surface area (Å²) in [5, 5.41) is 11.5. The van der Waals surface area contributed by atoms with Gasteiger partial charge in [-0.2, -0.15) is 0 Å². The molecular formula is C14H16N4O2. The molecule has 0 aliphatic carbocycles. The lowest BCUT2D eigenvalue weighted by Gasteiger charge is -2.18. The number of oxime groups is 1. The van der Waals surface area contributed by atoms with Crippen molar-refractivity contribution in [2.45, 2.75) is 0 Å². The first kappa shape index (κ1) is 13.7. The van der Waals surface area contributed by atoms with E-state index < -0.39 is 0 Å². The van der Waals surface area contributed by atoms with Crippen LogP contribution in [0.25, 0.3) is 0 Å². The standard InChI is InChI=1S/C14H16N4O2/c1-18(11-4-6-12(20-2)7-5-11)13-8-3-10(9-16-13)14(15)17-19/h3-9,19H,1-2H3,(H2,15,17). The number of nitrogens with two attached hydrogens (primary N) is 1. The van der Waals surface area contributed by atoms with Crippen LogP contribution in [0.1, 0.15) is 5.56 Å². The highest BCUT2D eigenvalue weighted by atomic mass is 16.5. The van der Waals surface area contributed by atoms with Crippen molar-refractivity contribution in [2.24, 2.45) is 10.9 Å². The second-order valence-electron chi connectivity index (χ2n) is 4.15. The van der Waals surface area contributed by atoms with Crippen molar-refractivity contribution < 1.29 is 9.94 Å². The Morgan fingerprint density at radius 2 is 1.95 bits per heavy atom. The molecule has 1 aromatic heterocycles. The number of hydrogen-bond donors (Lipinski definition) is 2. The SMILES string of the molecule is COc1ccc(N(C)c2ccc(C(N)=NO)cn2)cc1. The highest BCUT2D eigenvalue weighted by Crippen LogP contribution is 2.23. The molecular weight excluding hydrogens is 256 g/mol. The van der Waals surface area contributed by atoms with Gasteiger partial charge in [-0.15, -0.1) is 0 Å². The van der Waals surface area contributed by atoms with Gasteiger partial charge in [-0.1, -0.05) is 5.16 Å². The van der Waals surface area contributed by atoms with Crippen molar-refractivity contribution in [3.8, 4) is 5.75 Å². The number of ether oxygens (including phenoxy) is 1. The number of benzene rings is 1. The number of pyridine rings is 1. The predicted molar refractivity (Wildman–Crippen MR) is 77.8 cm³/mol. The van der Waals surface area contributed by atoms with Crippen LogP contribution >= 0.6 is 0 Å². The first-order valence-electron chi connectivity index (χ1n) is 5.97. The minimum absolute atomic E-state index is 0.0381. The van der Waals surface area contributed by atoms with Gasteiger partial charge in [-0.3, -0.25) is 0 Å². The first-order valence-corrected chi connectivity index (χ1v) is 5.97. The fourth-order valence-corrected chi connectivity index (χ4v) is 1.73. The largest absolute Gasteiger partial charge is 0.497 e. The molecule has 0 bridgehead atoms. The number of aromatic nitrogens is 1. The van der Waals surface area contributed by atoms with E-state index in [1.165, 1.54) is 0 Å². The monoisotopic (exact) mass is 272 g/mol. The van der Waals surface area contributed by atoms with Crippen LogP contribution in [0.2, 0.25) is 0 Å². The lowest BCUT2D eigenvalue weighted by atomic mass is 10.2. The van der Waals surface area contributed by atoms with Gasteiger partial charge in [0.25, 0.3) is 0 Å². The Labute approximate surface area is 117 Å². The lowest BCUT2D eigenvalue weighted by molar-refractivity contribution is 0.318. The summed E-state index contributed by atoms with van der Waals surface area (Å²) in [5.74, 6) is 1.60. The van der Waals surface area contributed by atoms with Gasteiger partial charge in [0.05, 0.1) is 7.11 Å². The fraction of sp³-hybridized carbons (Fsp3) is 0.143. The number of hydrogen-bond acceptors (Lipinski definition) is 5. The van der Waals surface area contributed by atoms with Crippen molar-refractivity contribution in [1.29, 1.82) is 0 Å². The highest BCUT2D eigenvalue weighted by Gasteiger charge is 2.06. The van der Waals surface area contributed by atoms with Crippen LogP contribution in [0, 0.1) is 0 Å². The summed E-state index contributed by atoms with van der Waals surface area (Å²) < 4.78 is 5.12. The zero-order valence-electron chi connectivity index (χ0n) is 11.3. The summed E-state index contributed by atoms with van der Waals surface area (Å²) in [4.78, 5) is 6.22. The van der Waals surface area contributed by atoms with Gasteiger partial charge in [0.15, 0.2) is 5.84 Å². The van der Waals surface area contributed by atoms with Crippen LogP contribution in [0.5, 0.6) is 5.75 Å². The molecule has 1 aromatic carbocycles. The number of anilines is 2. The molecule has 0 saturated heterocycles. The lowest BCUT2D eigenvalue weighted by Crippen LogP contribution is -2.15. The van der Waals surface area contributed by atoms with Crippen molar-refractivity contribution >= 4 is 17.3 Å². The van der Waals surface area contributed by atoms with Gasteiger partial charge < -0.3 is 20.6 Å². The molecule has 104 valence electrons. The molecule has 0 aliphatic heterocycles. The highest BCUT2D eigenvalue weighted by molar-refractivity contribution is 5.96. The summed E-state index contributed by atoms with van der Waals surface area (Å²) in [6, 6.07) is 11.2. The van der Waals surface area contributed by atoms with Gasteiger partial charge in [-0.25, -0.2) is 4.98 Å². The molecule has 6 nitrogen and oxygen atoms in total. The molecule has 0 amide bonds. The summed E-state index contributed by atoms with van der Waals surface area (Å²) in [6.07, 6.45) is 1.56. The van der Waals surface area contributed by atoms with Crippen molar-refractivity contribution in [2.75, 3.05) is 19.1 Å². The molecule has 20 heavy (non-hydrogen) atoms. The number of amidine groups is 1. The van der Waals surface area contributed by atoms with Gasteiger partial charge in [0, 0.05) is 24.5 Å². The van der Waals surface area contributed by atoms with Crippen LogP contribution < -0.4 is 15.4 Å². The molecule has 0 unspecified atom stereocenters. The molecule has 2 rings (SSSR count). The molecule has 0 radical (unpaired) electrons. The molecule has 1 heterocycles. The minimum Gasteiger partial charge on any atom is -0.497 e. The molecule has 0 fully saturated rings. The Morgan fingerprint density at radius 3 is 2.45 bits per heavy atom. The molecule has 0 spiro atoms. The molecule has 3 N–H and O–H groups in total. The fourth-order valence-electron chi connectivity index (χ4n) is 1.73. The zero-order valence-corrected chi connectivity index (χ0v) is 11.3. The van der Waals surface area contributed by atoms with E-state index in [9.17, 15) is 0 Å². The Morgan fingerprint density at radius 1 is 1.25 bits per heavy atom. The molecule has 2 aromatic rings. The second kappa shape index (κ2) is 5.92. The number of methoxy groups -OCH3 is 1. The third-order valence-corrected chi connectivity index (χ3v) is 2.95. The van der Waals surface area contributed by atoms with E-state index >= 15 is 0 Å². The summed E-state index contributed by atoms with van der Waals surface area (Å²) in [6.45, 7) is 0. The van der Waals surface area contributed by atoms with Crippen LogP contribution in [0.15, 0.2) is 47.8 Å². The van der Waals surface area contributed by atoms with Crippen molar-refractivity contribution in [3.63, 3.8) is 0 Å². The maximum absolute atomic E-state index is 8.61. The number of nitrogens with zero attached hydrogens (tertiary/aromatic N) is 3. The Hall–Kier alpha value is -2.76. The maximum atomic E-state index is 8.61. The Balaban J connectivity index is 2.21. The molecule has 0 aliphatic rings. The van der Waals surface area contributed by atoms with E-state index in [0.717, 1.165) is 17.3 Å². The van der Waals surface area contributed by atoms with Gasteiger partial charge in [0.2, 0.25) is 0 Å². The number of rotatable bonds is 4. The van der Waals surface area contributed by atoms with E-state index in [4.69, 9.17) is 15.7 Å². The summed E-state index contributed by atoms with van der Waals surface area (Å²) in [7, 11) is 3.54. The van der Waals surface area contributed by atoms with Crippen LogP contribution in [-0.4, -0.2) is 30.2 Å². The normalized spacial score (nSPS) is 11.2. The average Bonchev–Trinajstić information content (AvgIpc) is 2.53. The van der Waals surface area contributed by atoms with E-state index in [0.29, 0.717) is 5.56 Å². The Kier molecular flexibility index (Phi) is 4.05. The summed E-state index contributed by atoms with van der Waals surface area (Å²) in [5.41, 5.74) is 7.05. The molecule has 0 atom stereocenters. The van der Waals surface area contributed by atoms with Gasteiger partial charge >= 0.3 is 0 Å². The third-order valence-electron chi connectivity index (χ3n) is 2.95. The molecule has 6 heteroatoms. The zero-order chi connectivity index (χ0) is 14.5. The maximum Gasteiger partial charge on any atom is 0.171 e. The van der Waals surface area contributed by atoms with E-state index in [2.05, 4.69) is 10.1 Å². The first-order chi connectivity index (χ1) is 9.65. The smallest absolute Gasteiger partial charge is 0.171 e. The third kappa shape index (κ3) is 2.80. The van der Waals surface area contributed by atoms with Crippen molar-refractivity contribution in [1.82, 2.24) is 4.98 Å². The van der Waals surface area contributed by atoms with Crippen LogP contribution in [-0.2, 0) is 0 Å². The van der Waals surface area contributed by atoms with Gasteiger partial charge in [0.1, 0.15) is 11.6 Å². The van der Waals surface area contributed by atoms with Gasteiger partial charge in [-0.05, 0) is 36.4 Å². The van der Waals surface area contributed by atoms with Crippen LogP contribution in [0.4, 0.5) is 11.5 Å². The Bertz CT molecular complexity index is 594. The molecule has 0 saturated carbocycles. The second-order valence-corrected chi connectivity index (χ2v) is 4.15. The van der Waals surface area contributed by atoms with E-state index in [1.54, 1.807) is 25.4 Å². The minimum atomic E-state index is 0.0381. The summed E-state index contributed by atoms with van der Waals surface area (Å²) >= 11 is 0. The average molecular weight is 272 g/mol. The van der Waals surface area contributed by atoms with Crippen molar-refractivity contribution in [3.05, 3.63) is 48.2 Å². The van der Waals surface area contributed by atoms with E-state index in [-0.39, 0.29) is 5.84 Å². The van der Waals surface area contributed by atoms with Crippen LogP contribution in [0.3, 0.4) is 0 Å². The quantitative estimate of drug-likeness (QED) is 0.384.